The van der Waals surface area contributed by atoms with Gasteiger partial charge in [-0.25, -0.2) is 9.98 Å². The molecule has 23 heavy (non-hydrogen) atoms. The van der Waals surface area contributed by atoms with Gasteiger partial charge in [0.2, 0.25) is 0 Å². The van der Waals surface area contributed by atoms with Crippen molar-refractivity contribution in [2.24, 2.45) is 10.9 Å². The average Bonchev–Trinajstić information content (AvgIpc) is 2.99. The fraction of sp³-hybridized carbons (Fsp3) is 0.765. The molecule has 5 nitrogen and oxygen atoms in total. The first kappa shape index (κ1) is 18.2. The van der Waals surface area contributed by atoms with Crippen LogP contribution in [-0.2, 0) is 6.54 Å². The van der Waals surface area contributed by atoms with Gasteiger partial charge in [-0.2, -0.15) is 0 Å². The Morgan fingerprint density at radius 3 is 2.65 bits per heavy atom. The van der Waals surface area contributed by atoms with Gasteiger partial charge in [0.1, 0.15) is 0 Å². The van der Waals surface area contributed by atoms with E-state index < -0.39 is 0 Å². The third kappa shape index (κ3) is 4.91. The lowest BCUT2D eigenvalue weighted by Gasteiger charge is -2.21. The van der Waals surface area contributed by atoms with Crippen molar-refractivity contribution >= 4 is 17.3 Å². The SMILES string of the molecule is CCNC(=NCc1sc(C)nc1C)NC1CN(C(C)C)CC1C. The van der Waals surface area contributed by atoms with Gasteiger partial charge < -0.3 is 10.6 Å². The lowest BCUT2D eigenvalue weighted by molar-refractivity contribution is 0.265. The maximum absolute atomic E-state index is 4.77. The number of aliphatic imine (C=N–C) groups is 1. The van der Waals surface area contributed by atoms with Gasteiger partial charge in [0.15, 0.2) is 5.96 Å². The molecule has 130 valence electrons. The van der Waals surface area contributed by atoms with Crippen LogP contribution in [0.3, 0.4) is 0 Å². The summed E-state index contributed by atoms with van der Waals surface area (Å²) in [5.41, 5.74) is 1.10. The molecular weight excluding hydrogens is 306 g/mol. The average molecular weight is 338 g/mol. The molecule has 2 rings (SSSR count). The van der Waals surface area contributed by atoms with Crippen LogP contribution in [0.1, 0.15) is 43.3 Å². The Kier molecular flexibility index (Phi) is 6.41. The van der Waals surface area contributed by atoms with E-state index in [1.54, 1.807) is 11.3 Å². The van der Waals surface area contributed by atoms with Gasteiger partial charge >= 0.3 is 0 Å². The molecule has 0 bridgehead atoms. The lowest BCUT2D eigenvalue weighted by Crippen LogP contribution is -2.46. The number of nitrogens with one attached hydrogen (secondary N) is 2. The smallest absolute Gasteiger partial charge is 0.191 e. The molecule has 0 spiro atoms. The first-order valence-electron chi connectivity index (χ1n) is 8.62. The fourth-order valence-electron chi connectivity index (χ4n) is 2.98. The van der Waals surface area contributed by atoms with Crippen LogP contribution in [0.2, 0.25) is 0 Å². The van der Waals surface area contributed by atoms with Crippen molar-refractivity contribution in [1.82, 2.24) is 20.5 Å². The number of aromatic nitrogens is 1. The summed E-state index contributed by atoms with van der Waals surface area (Å²) in [7, 11) is 0. The molecule has 0 amide bonds. The summed E-state index contributed by atoms with van der Waals surface area (Å²) in [5.74, 6) is 1.55. The zero-order chi connectivity index (χ0) is 17.0. The van der Waals surface area contributed by atoms with Crippen molar-refractivity contribution in [3.8, 4) is 0 Å². The van der Waals surface area contributed by atoms with Crippen molar-refractivity contribution in [1.29, 1.82) is 0 Å². The van der Waals surface area contributed by atoms with E-state index >= 15 is 0 Å². The molecule has 2 unspecified atom stereocenters. The molecular formula is C17H31N5S. The normalized spacial score (nSPS) is 22.8. The molecule has 1 saturated heterocycles. The van der Waals surface area contributed by atoms with Gasteiger partial charge in [0, 0.05) is 36.6 Å². The van der Waals surface area contributed by atoms with E-state index in [9.17, 15) is 0 Å². The van der Waals surface area contributed by atoms with Crippen LogP contribution in [-0.4, -0.2) is 47.6 Å². The third-order valence-electron chi connectivity index (χ3n) is 4.42. The number of hydrogen-bond acceptors (Lipinski definition) is 4. The van der Waals surface area contributed by atoms with Gasteiger partial charge in [-0.3, -0.25) is 4.90 Å². The first-order valence-corrected chi connectivity index (χ1v) is 9.44. The predicted molar refractivity (Wildman–Crippen MR) is 99.2 cm³/mol. The maximum Gasteiger partial charge on any atom is 0.191 e. The van der Waals surface area contributed by atoms with Crippen LogP contribution in [0.5, 0.6) is 0 Å². The van der Waals surface area contributed by atoms with E-state index in [-0.39, 0.29) is 0 Å². The highest BCUT2D eigenvalue weighted by molar-refractivity contribution is 7.11. The van der Waals surface area contributed by atoms with Crippen molar-refractivity contribution in [2.45, 2.75) is 60.2 Å². The van der Waals surface area contributed by atoms with E-state index in [1.807, 2.05) is 0 Å². The molecule has 6 heteroatoms. The summed E-state index contributed by atoms with van der Waals surface area (Å²) in [4.78, 5) is 13.0. The number of thiazole rings is 1. The zero-order valence-electron chi connectivity index (χ0n) is 15.3. The second-order valence-corrected chi connectivity index (χ2v) is 8.00. The standard InChI is InChI=1S/C17H31N5S/c1-7-18-17(19-8-16-13(5)20-14(6)23-16)21-15-10-22(11(2)3)9-12(15)4/h11-12,15H,7-10H2,1-6H3,(H2,18,19,21). The van der Waals surface area contributed by atoms with Crippen LogP contribution < -0.4 is 10.6 Å². The molecule has 1 aliphatic rings. The minimum Gasteiger partial charge on any atom is -0.357 e. The Hall–Kier alpha value is -1.14. The van der Waals surface area contributed by atoms with Crippen LogP contribution in [0.15, 0.2) is 4.99 Å². The topological polar surface area (TPSA) is 52.6 Å². The first-order chi connectivity index (χ1) is 10.9. The number of rotatable bonds is 5. The Bertz CT molecular complexity index is 537. The highest BCUT2D eigenvalue weighted by atomic mass is 32.1. The van der Waals surface area contributed by atoms with E-state index in [1.165, 1.54) is 4.88 Å². The highest BCUT2D eigenvalue weighted by Gasteiger charge is 2.31. The summed E-state index contributed by atoms with van der Waals surface area (Å²) in [6.45, 7) is 16.9. The number of nitrogens with zero attached hydrogens (tertiary/aromatic N) is 3. The summed E-state index contributed by atoms with van der Waals surface area (Å²) in [5, 5.41) is 8.12. The van der Waals surface area contributed by atoms with Crippen molar-refractivity contribution in [3.63, 3.8) is 0 Å². The van der Waals surface area contributed by atoms with E-state index in [2.05, 4.69) is 62.1 Å². The third-order valence-corrected chi connectivity index (χ3v) is 5.48. The van der Waals surface area contributed by atoms with Crippen LogP contribution in [0.25, 0.3) is 0 Å². The molecule has 1 aromatic heterocycles. The zero-order valence-corrected chi connectivity index (χ0v) is 16.1. The quantitative estimate of drug-likeness (QED) is 0.640. The van der Waals surface area contributed by atoms with Crippen molar-refractivity contribution in [2.75, 3.05) is 19.6 Å². The second-order valence-electron chi connectivity index (χ2n) is 6.71. The van der Waals surface area contributed by atoms with Crippen LogP contribution in [0.4, 0.5) is 0 Å². The Morgan fingerprint density at radius 2 is 2.13 bits per heavy atom. The molecule has 1 aliphatic heterocycles. The summed E-state index contributed by atoms with van der Waals surface area (Å²) < 4.78 is 0. The van der Waals surface area contributed by atoms with Crippen LogP contribution in [0, 0.1) is 19.8 Å². The van der Waals surface area contributed by atoms with Gasteiger partial charge in [0.25, 0.3) is 0 Å². The van der Waals surface area contributed by atoms with E-state index in [0.717, 1.165) is 36.3 Å². The minimum atomic E-state index is 0.458. The molecule has 1 aromatic rings. The molecule has 0 saturated carbocycles. The lowest BCUT2D eigenvalue weighted by atomic mass is 10.1. The molecule has 2 N–H and O–H groups in total. The summed E-state index contributed by atoms with van der Waals surface area (Å²) in [6.07, 6.45) is 0. The largest absolute Gasteiger partial charge is 0.357 e. The summed E-state index contributed by atoms with van der Waals surface area (Å²) in [6, 6.07) is 1.06. The van der Waals surface area contributed by atoms with Crippen molar-refractivity contribution in [3.05, 3.63) is 15.6 Å². The second kappa shape index (κ2) is 8.11. The molecule has 2 atom stereocenters. The maximum atomic E-state index is 4.77. The van der Waals surface area contributed by atoms with Gasteiger partial charge in [-0.05, 0) is 40.5 Å². The van der Waals surface area contributed by atoms with Crippen LogP contribution >= 0.6 is 11.3 Å². The van der Waals surface area contributed by atoms with Crippen molar-refractivity contribution < 1.29 is 0 Å². The molecule has 0 aromatic carbocycles. The minimum absolute atomic E-state index is 0.458. The fourth-order valence-corrected chi connectivity index (χ4v) is 3.84. The van der Waals surface area contributed by atoms with E-state index in [0.29, 0.717) is 24.5 Å². The number of likely N-dealkylation sites (tertiary alicyclic amines) is 1. The highest BCUT2D eigenvalue weighted by Crippen LogP contribution is 2.19. The summed E-state index contributed by atoms with van der Waals surface area (Å²) >= 11 is 1.74. The number of guanidine groups is 1. The predicted octanol–water partition coefficient (Wildman–Crippen LogP) is 2.54. The Morgan fingerprint density at radius 1 is 1.39 bits per heavy atom. The molecule has 0 radical (unpaired) electrons. The Labute approximate surface area is 144 Å². The molecule has 0 aliphatic carbocycles. The molecule has 2 heterocycles. The number of aryl methyl sites for hydroxylation is 2. The van der Waals surface area contributed by atoms with Gasteiger partial charge in [-0.1, -0.05) is 6.92 Å². The van der Waals surface area contributed by atoms with Gasteiger partial charge in [0.05, 0.1) is 17.2 Å². The van der Waals surface area contributed by atoms with E-state index in [4.69, 9.17) is 4.99 Å². The number of hydrogen-bond donors (Lipinski definition) is 2. The van der Waals surface area contributed by atoms with Gasteiger partial charge in [-0.15, -0.1) is 11.3 Å². The molecule has 1 fully saturated rings. The monoisotopic (exact) mass is 337 g/mol. The Balaban J connectivity index is 2.00.